The van der Waals surface area contributed by atoms with Crippen LogP contribution in [0.4, 0.5) is 23.5 Å². The molecule has 5 heterocycles. The molecule has 37 heavy (non-hydrogen) atoms. The maximum atomic E-state index is 15.3. The molecule has 2 aliphatic heterocycles. The maximum Gasteiger partial charge on any atom is 0.281 e. The molecule has 14 heteroatoms. The summed E-state index contributed by atoms with van der Waals surface area (Å²) < 4.78 is 71.3. The molecule has 0 radical (unpaired) electrons. The first-order chi connectivity index (χ1) is 17.8. The SMILES string of the molecule is COc1nc(N[C@@H]2CN(C3COC3)CC2(F)F)nn2cc(F)c(-c3ccc4nnn([C@H](C)CF)c4c3)c12. The monoisotopic (exact) mass is 520 g/mol. The van der Waals surface area contributed by atoms with Gasteiger partial charge < -0.3 is 14.8 Å². The van der Waals surface area contributed by atoms with Crippen LogP contribution in [0.25, 0.3) is 27.7 Å². The molecule has 2 saturated heterocycles. The van der Waals surface area contributed by atoms with Gasteiger partial charge in [-0.3, -0.25) is 4.90 Å². The van der Waals surface area contributed by atoms with Crippen LogP contribution in [0.15, 0.2) is 24.4 Å². The smallest absolute Gasteiger partial charge is 0.281 e. The Balaban J connectivity index is 1.37. The van der Waals surface area contributed by atoms with Crippen LogP contribution in [0.5, 0.6) is 5.88 Å². The Kier molecular flexibility index (Phi) is 5.67. The van der Waals surface area contributed by atoms with Gasteiger partial charge in [-0.15, -0.1) is 10.2 Å². The molecule has 6 rings (SSSR count). The van der Waals surface area contributed by atoms with E-state index < -0.39 is 37.0 Å². The highest BCUT2D eigenvalue weighted by Crippen LogP contribution is 2.37. The number of hydrogen-bond acceptors (Lipinski definition) is 8. The van der Waals surface area contributed by atoms with Crippen LogP contribution in [-0.4, -0.2) is 92.6 Å². The fourth-order valence-electron chi connectivity index (χ4n) is 4.81. The van der Waals surface area contributed by atoms with Crippen LogP contribution in [0, 0.1) is 5.82 Å². The van der Waals surface area contributed by atoms with E-state index in [1.165, 1.54) is 16.3 Å². The first kappa shape index (κ1) is 23.9. The Labute approximate surface area is 208 Å². The molecule has 196 valence electrons. The summed E-state index contributed by atoms with van der Waals surface area (Å²) in [4.78, 5) is 5.96. The first-order valence-corrected chi connectivity index (χ1v) is 11.8. The van der Waals surface area contributed by atoms with Crippen LogP contribution in [0.2, 0.25) is 0 Å². The van der Waals surface area contributed by atoms with E-state index in [2.05, 4.69) is 25.7 Å². The number of fused-ring (bicyclic) bond motifs is 2. The lowest BCUT2D eigenvalue weighted by molar-refractivity contribution is -0.0711. The molecule has 2 aliphatic rings. The molecular formula is C23H24F4N8O2. The molecule has 1 aromatic carbocycles. The van der Waals surface area contributed by atoms with Crippen molar-refractivity contribution in [1.82, 2.24) is 34.5 Å². The number of nitrogens with one attached hydrogen (secondary N) is 1. The van der Waals surface area contributed by atoms with Crippen LogP contribution in [0.1, 0.15) is 13.0 Å². The second-order valence-electron chi connectivity index (χ2n) is 9.41. The summed E-state index contributed by atoms with van der Waals surface area (Å²) in [7, 11) is 1.36. The maximum absolute atomic E-state index is 15.3. The van der Waals surface area contributed by atoms with Crippen molar-refractivity contribution in [3.63, 3.8) is 0 Å². The molecule has 4 aromatic rings. The average Bonchev–Trinajstić information content (AvgIpc) is 3.49. The number of hydrogen-bond donors (Lipinski definition) is 1. The molecule has 0 spiro atoms. The van der Waals surface area contributed by atoms with Crippen LogP contribution in [-0.2, 0) is 4.74 Å². The normalized spacial score (nSPS) is 21.0. The van der Waals surface area contributed by atoms with E-state index in [4.69, 9.17) is 9.47 Å². The number of anilines is 1. The number of aromatic nitrogens is 6. The van der Waals surface area contributed by atoms with E-state index in [9.17, 15) is 13.2 Å². The van der Waals surface area contributed by atoms with Gasteiger partial charge in [0.1, 0.15) is 23.7 Å². The van der Waals surface area contributed by atoms with Crippen molar-refractivity contribution in [3.8, 4) is 17.0 Å². The van der Waals surface area contributed by atoms with E-state index in [1.807, 2.05) is 0 Å². The van der Waals surface area contributed by atoms with E-state index in [1.54, 1.807) is 30.0 Å². The lowest BCUT2D eigenvalue weighted by Crippen LogP contribution is -2.48. The lowest BCUT2D eigenvalue weighted by atomic mass is 10.1. The number of alkyl halides is 3. The summed E-state index contributed by atoms with van der Waals surface area (Å²) in [6.45, 7) is 1.58. The standard InChI is InChI=1S/C23H24F4N8O2/c1-12(6-24)35-17-5-13(3-4-16(17)30-32-35)19-15(25)7-34-20(19)21(36-2)29-22(31-34)28-18-8-33(11-23(18,26)27)14-9-37-10-14/h3-5,7,12,14,18H,6,8-11H2,1-2H3,(H,28,31)/t12-,18-/m1/s1. The summed E-state index contributed by atoms with van der Waals surface area (Å²) in [6, 6.07) is 3.15. The topological polar surface area (TPSA) is 94.6 Å². The van der Waals surface area contributed by atoms with E-state index in [0.29, 0.717) is 29.8 Å². The van der Waals surface area contributed by atoms with Crippen molar-refractivity contribution in [2.24, 2.45) is 0 Å². The summed E-state index contributed by atoms with van der Waals surface area (Å²) in [5, 5.41) is 15.0. The molecule has 0 amide bonds. The first-order valence-electron chi connectivity index (χ1n) is 11.8. The molecule has 1 N–H and O–H groups in total. The van der Waals surface area contributed by atoms with Gasteiger partial charge in [0, 0.05) is 6.54 Å². The van der Waals surface area contributed by atoms with Crippen molar-refractivity contribution >= 4 is 22.5 Å². The average molecular weight is 520 g/mol. The molecule has 10 nitrogen and oxygen atoms in total. The Morgan fingerprint density at radius 3 is 2.81 bits per heavy atom. The highest BCUT2D eigenvalue weighted by Gasteiger charge is 2.51. The van der Waals surface area contributed by atoms with Gasteiger partial charge in [-0.2, -0.15) is 4.98 Å². The Hall–Kier alpha value is -3.52. The van der Waals surface area contributed by atoms with E-state index in [-0.39, 0.29) is 35.5 Å². The van der Waals surface area contributed by atoms with Crippen LogP contribution in [0.3, 0.4) is 0 Å². The van der Waals surface area contributed by atoms with Crippen molar-refractivity contribution in [1.29, 1.82) is 0 Å². The molecule has 0 saturated carbocycles. The number of likely N-dealkylation sites (tertiary alicyclic amines) is 1. The Morgan fingerprint density at radius 2 is 2.11 bits per heavy atom. The highest BCUT2D eigenvalue weighted by atomic mass is 19.3. The fourth-order valence-corrected chi connectivity index (χ4v) is 4.81. The number of ether oxygens (including phenoxy) is 2. The quantitative estimate of drug-likeness (QED) is 0.372. The van der Waals surface area contributed by atoms with Crippen molar-refractivity contribution in [2.45, 2.75) is 31.0 Å². The second-order valence-corrected chi connectivity index (χ2v) is 9.41. The minimum Gasteiger partial charge on any atom is -0.479 e. The Bertz CT molecular complexity index is 1470. The molecule has 0 unspecified atom stereocenters. The van der Waals surface area contributed by atoms with Crippen LogP contribution < -0.4 is 10.1 Å². The summed E-state index contributed by atoms with van der Waals surface area (Å²) in [5.74, 6) is -3.75. The van der Waals surface area contributed by atoms with Gasteiger partial charge >= 0.3 is 0 Å². The van der Waals surface area contributed by atoms with Crippen LogP contribution >= 0.6 is 0 Å². The summed E-state index contributed by atoms with van der Waals surface area (Å²) >= 11 is 0. The summed E-state index contributed by atoms with van der Waals surface area (Å²) in [6.07, 6.45) is 1.13. The minimum absolute atomic E-state index is 0.00539. The summed E-state index contributed by atoms with van der Waals surface area (Å²) in [5.41, 5.74) is 1.87. The molecule has 0 bridgehead atoms. The van der Waals surface area contributed by atoms with Gasteiger partial charge in [0.05, 0.1) is 56.2 Å². The number of rotatable bonds is 7. The molecule has 2 fully saturated rings. The minimum atomic E-state index is -3.02. The van der Waals surface area contributed by atoms with Gasteiger partial charge in [0.2, 0.25) is 11.8 Å². The van der Waals surface area contributed by atoms with Gasteiger partial charge in [-0.05, 0) is 24.6 Å². The largest absolute Gasteiger partial charge is 0.479 e. The van der Waals surface area contributed by atoms with Gasteiger partial charge in [0.15, 0.2) is 5.82 Å². The zero-order chi connectivity index (χ0) is 25.9. The number of benzene rings is 1. The van der Waals surface area contributed by atoms with Crippen molar-refractivity contribution in [2.75, 3.05) is 45.4 Å². The lowest BCUT2D eigenvalue weighted by Gasteiger charge is -2.34. The van der Waals surface area contributed by atoms with E-state index in [0.717, 1.165) is 6.20 Å². The third kappa shape index (κ3) is 3.94. The molecule has 3 aromatic heterocycles. The van der Waals surface area contributed by atoms with Crippen molar-refractivity contribution < 1.29 is 27.0 Å². The van der Waals surface area contributed by atoms with Gasteiger partial charge in [-0.1, -0.05) is 11.3 Å². The zero-order valence-corrected chi connectivity index (χ0v) is 20.0. The second kappa shape index (κ2) is 8.80. The number of nitrogens with zero attached hydrogens (tertiary/aromatic N) is 7. The molecular weight excluding hydrogens is 496 g/mol. The predicted molar refractivity (Wildman–Crippen MR) is 125 cm³/mol. The van der Waals surface area contributed by atoms with E-state index >= 15 is 4.39 Å². The third-order valence-electron chi connectivity index (χ3n) is 6.93. The van der Waals surface area contributed by atoms with Gasteiger partial charge in [0.25, 0.3) is 5.92 Å². The number of halogens is 4. The highest BCUT2D eigenvalue weighted by molar-refractivity contribution is 5.89. The predicted octanol–water partition coefficient (Wildman–Crippen LogP) is 2.95. The zero-order valence-electron chi connectivity index (χ0n) is 20.0. The molecule has 0 aliphatic carbocycles. The number of methoxy groups -OCH3 is 1. The molecule has 2 atom stereocenters. The third-order valence-corrected chi connectivity index (χ3v) is 6.93. The van der Waals surface area contributed by atoms with Gasteiger partial charge in [-0.25, -0.2) is 26.8 Å². The Morgan fingerprint density at radius 1 is 1.30 bits per heavy atom. The fraction of sp³-hybridized carbons (Fsp3) is 0.478. The van der Waals surface area contributed by atoms with Crippen molar-refractivity contribution in [3.05, 3.63) is 30.2 Å².